The fourth-order valence-electron chi connectivity index (χ4n) is 5.80. The van der Waals surface area contributed by atoms with E-state index in [1.165, 1.54) is 5.56 Å². The lowest BCUT2D eigenvalue weighted by Gasteiger charge is -2.17. The first-order valence-electron chi connectivity index (χ1n) is 13.8. The summed E-state index contributed by atoms with van der Waals surface area (Å²) in [4.78, 5) is 0. The Morgan fingerprint density at radius 1 is 0.725 bits per heavy atom. The van der Waals surface area contributed by atoms with E-state index in [0.717, 1.165) is 67.4 Å². The third-order valence-electron chi connectivity index (χ3n) is 7.60. The van der Waals surface area contributed by atoms with Gasteiger partial charge >= 0.3 is 0 Å². The standard InChI is InChI=1S/C37H33N2O/c1-24-11-18-30-31-19-17-29(22-38)34(28-15-13-27(14-16-28)26-9-7-6-8-10-26)36(31)40-35(30)33(24)32-20-12-25(23-39(32)5)21-37(2,3)4/h6-20,23H,21H2,1-5H3/q+1. The van der Waals surface area contributed by atoms with Gasteiger partial charge in [-0.15, -0.1) is 0 Å². The molecular formula is C37H33N2O+. The summed E-state index contributed by atoms with van der Waals surface area (Å²) >= 11 is 0. The highest BCUT2D eigenvalue weighted by atomic mass is 16.3. The molecule has 6 aromatic rings. The van der Waals surface area contributed by atoms with Crippen LogP contribution in [0.1, 0.15) is 37.5 Å². The molecule has 3 nitrogen and oxygen atoms in total. The van der Waals surface area contributed by atoms with Gasteiger partial charge in [0.1, 0.15) is 18.2 Å². The number of aryl methyl sites for hydroxylation is 2. The number of benzene rings is 4. The molecule has 0 N–H and O–H groups in total. The Hall–Kier alpha value is -4.68. The van der Waals surface area contributed by atoms with Crippen LogP contribution in [0.4, 0.5) is 0 Å². The normalized spacial score (nSPS) is 11.7. The van der Waals surface area contributed by atoms with Gasteiger partial charge in [0.25, 0.3) is 0 Å². The molecule has 0 aliphatic heterocycles. The van der Waals surface area contributed by atoms with E-state index in [1.54, 1.807) is 0 Å². The lowest BCUT2D eigenvalue weighted by molar-refractivity contribution is -0.660. The Balaban J connectivity index is 1.54. The van der Waals surface area contributed by atoms with Crippen LogP contribution in [0.25, 0.3) is 55.4 Å². The number of nitriles is 1. The molecule has 0 aliphatic carbocycles. The van der Waals surface area contributed by atoms with Crippen LogP contribution in [0.15, 0.2) is 102 Å². The van der Waals surface area contributed by atoms with Crippen molar-refractivity contribution in [1.82, 2.24) is 0 Å². The molecule has 0 atom stereocenters. The minimum Gasteiger partial charge on any atom is -0.454 e. The van der Waals surface area contributed by atoms with Crippen LogP contribution in [0.2, 0.25) is 0 Å². The highest BCUT2D eigenvalue weighted by molar-refractivity contribution is 6.14. The number of rotatable bonds is 4. The molecule has 0 aliphatic rings. The van der Waals surface area contributed by atoms with E-state index in [4.69, 9.17) is 4.42 Å². The summed E-state index contributed by atoms with van der Waals surface area (Å²) in [6.07, 6.45) is 3.24. The molecule has 4 aromatic carbocycles. The monoisotopic (exact) mass is 521 g/mol. The third-order valence-corrected chi connectivity index (χ3v) is 7.60. The molecular weight excluding hydrogens is 488 g/mol. The Bertz CT molecular complexity index is 1910. The Kier molecular flexibility index (Phi) is 6.28. The highest BCUT2D eigenvalue weighted by Crippen LogP contribution is 2.42. The number of fused-ring (bicyclic) bond motifs is 3. The first-order valence-corrected chi connectivity index (χ1v) is 13.8. The Morgan fingerprint density at radius 2 is 1.35 bits per heavy atom. The minimum atomic E-state index is 0.220. The maximum atomic E-state index is 10.1. The van der Waals surface area contributed by atoms with Crippen LogP contribution in [-0.4, -0.2) is 0 Å². The first-order chi connectivity index (χ1) is 19.2. The molecule has 6 rings (SSSR count). The summed E-state index contributed by atoms with van der Waals surface area (Å²) in [5.41, 5.74) is 11.2. The van der Waals surface area contributed by atoms with E-state index >= 15 is 0 Å². The molecule has 0 amide bonds. The van der Waals surface area contributed by atoms with Crippen molar-refractivity contribution in [2.45, 2.75) is 34.1 Å². The zero-order chi connectivity index (χ0) is 28.0. The molecule has 0 spiro atoms. The number of hydrogen-bond acceptors (Lipinski definition) is 2. The van der Waals surface area contributed by atoms with E-state index in [-0.39, 0.29) is 5.41 Å². The van der Waals surface area contributed by atoms with Gasteiger partial charge in [0.15, 0.2) is 6.20 Å². The molecule has 0 radical (unpaired) electrons. The molecule has 0 fully saturated rings. The smallest absolute Gasteiger partial charge is 0.216 e. The summed E-state index contributed by atoms with van der Waals surface area (Å²) in [6, 6.07) is 33.8. The Labute approximate surface area is 236 Å². The van der Waals surface area contributed by atoms with Crippen LogP contribution in [0.3, 0.4) is 0 Å². The molecule has 2 heterocycles. The van der Waals surface area contributed by atoms with Gasteiger partial charge in [-0.25, -0.2) is 4.57 Å². The van der Waals surface area contributed by atoms with E-state index in [2.05, 4.69) is 112 Å². The maximum Gasteiger partial charge on any atom is 0.216 e. The zero-order valence-corrected chi connectivity index (χ0v) is 23.7. The topological polar surface area (TPSA) is 40.8 Å². The zero-order valence-electron chi connectivity index (χ0n) is 23.7. The van der Waals surface area contributed by atoms with Gasteiger partial charge in [-0.3, -0.25) is 0 Å². The van der Waals surface area contributed by atoms with Crippen molar-refractivity contribution in [2.24, 2.45) is 12.5 Å². The summed E-state index contributed by atoms with van der Waals surface area (Å²) in [6.45, 7) is 8.93. The largest absolute Gasteiger partial charge is 0.454 e. The summed E-state index contributed by atoms with van der Waals surface area (Å²) in [7, 11) is 2.11. The molecule has 0 saturated heterocycles. The number of furan rings is 1. The number of aromatic nitrogens is 1. The van der Waals surface area contributed by atoms with Crippen LogP contribution in [0, 0.1) is 23.7 Å². The predicted molar refractivity (Wildman–Crippen MR) is 164 cm³/mol. The van der Waals surface area contributed by atoms with E-state index in [9.17, 15) is 5.26 Å². The first kappa shape index (κ1) is 25.6. The van der Waals surface area contributed by atoms with E-state index < -0.39 is 0 Å². The van der Waals surface area contributed by atoms with Crippen molar-refractivity contribution in [3.8, 4) is 39.6 Å². The third kappa shape index (κ3) is 4.56. The molecule has 40 heavy (non-hydrogen) atoms. The van der Waals surface area contributed by atoms with E-state index in [0.29, 0.717) is 5.56 Å². The molecule has 196 valence electrons. The fraction of sp³-hybridized carbons (Fsp3) is 0.189. The van der Waals surface area contributed by atoms with Crippen molar-refractivity contribution < 1.29 is 8.98 Å². The van der Waals surface area contributed by atoms with Gasteiger partial charge in [0.05, 0.1) is 17.2 Å². The van der Waals surface area contributed by atoms with Gasteiger partial charge in [-0.05, 0) is 59.2 Å². The van der Waals surface area contributed by atoms with Crippen LogP contribution >= 0.6 is 0 Å². The number of hydrogen-bond donors (Lipinski definition) is 0. The average molecular weight is 522 g/mol. The van der Waals surface area contributed by atoms with Gasteiger partial charge < -0.3 is 4.42 Å². The van der Waals surface area contributed by atoms with Crippen molar-refractivity contribution in [3.05, 3.63) is 114 Å². The number of pyridine rings is 1. The van der Waals surface area contributed by atoms with Crippen molar-refractivity contribution >= 4 is 21.9 Å². The highest BCUT2D eigenvalue weighted by Gasteiger charge is 2.24. The van der Waals surface area contributed by atoms with Gasteiger partial charge in [-0.2, -0.15) is 5.26 Å². The SMILES string of the molecule is Cc1ccc2c(oc3c(-c4ccc(-c5ccccc5)cc4)c(C#N)ccc32)c1-c1ccc(CC(C)(C)C)c[n+]1C. The van der Waals surface area contributed by atoms with Crippen molar-refractivity contribution in [1.29, 1.82) is 5.26 Å². The molecule has 0 saturated carbocycles. The number of nitrogens with zero attached hydrogens (tertiary/aromatic N) is 2. The summed E-state index contributed by atoms with van der Waals surface area (Å²) in [5, 5.41) is 12.1. The quantitative estimate of drug-likeness (QED) is 0.217. The van der Waals surface area contributed by atoms with Gasteiger partial charge in [0, 0.05) is 28.0 Å². The van der Waals surface area contributed by atoms with Crippen molar-refractivity contribution in [3.63, 3.8) is 0 Å². The second-order valence-electron chi connectivity index (χ2n) is 11.9. The predicted octanol–water partition coefficient (Wildman–Crippen LogP) is 9.18. The van der Waals surface area contributed by atoms with Gasteiger partial charge in [-0.1, -0.05) is 87.5 Å². The maximum absolute atomic E-state index is 10.1. The lowest BCUT2D eigenvalue weighted by atomic mass is 9.88. The molecule has 0 bridgehead atoms. The molecule has 0 unspecified atom stereocenters. The molecule has 3 heteroatoms. The van der Waals surface area contributed by atoms with Crippen molar-refractivity contribution in [2.75, 3.05) is 0 Å². The second kappa shape index (κ2) is 9.81. The average Bonchev–Trinajstić information content (AvgIpc) is 3.31. The fourth-order valence-corrected chi connectivity index (χ4v) is 5.80. The molecule has 2 aromatic heterocycles. The van der Waals surface area contributed by atoms with Crippen LogP contribution < -0.4 is 4.57 Å². The minimum absolute atomic E-state index is 0.220. The van der Waals surface area contributed by atoms with Crippen LogP contribution in [0.5, 0.6) is 0 Å². The second-order valence-corrected chi connectivity index (χ2v) is 11.9. The van der Waals surface area contributed by atoms with Gasteiger partial charge in [0.2, 0.25) is 5.69 Å². The Morgan fingerprint density at radius 3 is 2.00 bits per heavy atom. The van der Waals surface area contributed by atoms with Crippen LogP contribution in [-0.2, 0) is 13.5 Å². The summed E-state index contributed by atoms with van der Waals surface area (Å²) in [5.74, 6) is 0. The lowest BCUT2D eigenvalue weighted by Crippen LogP contribution is -2.32. The summed E-state index contributed by atoms with van der Waals surface area (Å²) < 4.78 is 8.97. The van der Waals surface area contributed by atoms with E-state index in [1.807, 2.05) is 30.3 Å².